The number of hydrogen-bond donors (Lipinski definition) is 1. The number of carbonyl (C=O) groups is 1. The molecule has 2 heterocycles. The molecule has 7 nitrogen and oxygen atoms in total. The Balaban J connectivity index is 1.53. The van der Waals surface area contributed by atoms with Gasteiger partial charge in [0.15, 0.2) is 0 Å². The SMILES string of the molecule is Cc1ccc(-n2ncc3c2CC(C)(C)C[C@@H]3NC(=O)CSc2nnc(C)o2)cc1. The van der Waals surface area contributed by atoms with Crippen LogP contribution in [0.3, 0.4) is 0 Å². The number of aromatic nitrogens is 4. The van der Waals surface area contributed by atoms with Crippen LogP contribution in [0, 0.1) is 19.3 Å². The Morgan fingerprint density at radius 3 is 2.72 bits per heavy atom. The maximum absolute atomic E-state index is 12.6. The van der Waals surface area contributed by atoms with Crippen LogP contribution in [0.1, 0.15) is 49.0 Å². The average Bonchev–Trinajstić information content (AvgIpc) is 3.26. The van der Waals surface area contributed by atoms with E-state index in [1.807, 2.05) is 10.9 Å². The van der Waals surface area contributed by atoms with Gasteiger partial charge >= 0.3 is 0 Å². The molecule has 1 N–H and O–H groups in total. The minimum atomic E-state index is -0.0644. The second kappa shape index (κ2) is 7.67. The topological polar surface area (TPSA) is 85.8 Å². The van der Waals surface area contributed by atoms with Gasteiger partial charge in [0.25, 0.3) is 5.22 Å². The molecule has 1 aromatic carbocycles. The van der Waals surface area contributed by atoms with Crippen LogP contribution in [0.5, 0.6) is 0 Å². The predicted molar refractivity (Wildman–Crippen MR) is 111 cm³/mol. The number of amides is 1. The molecule has 0 fully saturated rings. The van der Waals surface area contributed by atoms with Gasteiger partial charge in [-0.05, 0) is 37.3 Å². The molecule has 3 aromatic rings. The number of nitrogens with one attached hydrogen (secondary N) is 1. The first-order valence-corrected chi connectivity index (χ1v) is 10.7. The van der Waals surface area contributed by atoms with Gasteiger partial charge in [-0.15, -0.1) is 10.2 Å². The number of fused-ring (bicyclic) bond motifs is 1. The Labute approximate surface area is 174 Å². The molecule has 4 rings (SSSR count). The summed E-state index contributed by atoms with van der Waals surface area (Å²) in [6.45, 7) is 8.27. The van der Waals surface area contributed by atoms with E-state index in [9.17, 15) is 4.79 Å². The number of rotatable bonds is 5. The first kappa shape index (κ1) is 19.7. The van der Waals surface area contributed by atoms with Crippen LogP contribution < -0.4 is 5.32 Å². The fourth-order valence-corrected chi connectivity index (χ4v) is 4.40. The standard InChI is InChI=1S/C21H25N5O2S/c1-13-5-7-15(8-6-13)26-18-10-21(3,4)9-17(16(18)11-22-26)23-19(27)12-29-20-25-24-14(2)28-20/h5-8,11,17H,9-10,12H2,1-4H3,(H,23,27)/t17-/m0/s1. The molecule has 1 amide bonds. The van der Waals surface area contributed by atoms with E-state index in [-0.39, 0.29) is 23.1 Å². The van der Waals surface area contributed by atoms with E-state index in [1.54, 1.807) is 6.92 Å². The molecule has 1 atom stereocenters. The Morgan fingerprint density at radius 2 is 2.03 bits per heavy atom. The smallest absolute Gasteiger partial charge is 0.277 e. The third-order valence-electron chi connectivity index (χ3n) is 5.13. The first-order chi connectivity index (χ1) is 13.8. The normalized spacial score (nSPS) is 17.7. The molecule has 0 saturated heterocycles. The van der Waals surface area contributed by atoms with Gasteiger partial charge in [-0.1, -0.05) is 43.3 Å². The lowest BCUT2D eigenvalue weighted by Crippen LogP contribution is -2.37. The Bertz CT molecular complexity index is 1020. The Hall–Kier alpha value is -2.61. The van der Waals surface area contributed by atoms with Crippen molar-refractivity contribution < 1.29 is 9.21 Å². The van der Waals surface area contributed by atoms with Crippen molar-refractivity contribution >= 4 is 17.7 Å². The number of hydrogen-bond acceptors (Lipinski definition) is 6. The summed E-state index contributed by atoms with van der Waals surface area (Å²) >= 11 is 1.25. The van der Waals surface area contributed by atoms with Gasteiger partial charge in [0.1, 0.15) is 0 Å². The number of benzene rings is 1. The van der Waals surface area contributed by atoms with Crippen molar-refractivity contribution in [2.75, 3.05) is 5.75 Å². The van der Waals surface area contributed by atoms with E-state index in [4.69, 9.17) is 4.42 Å². The van der Waals surface area contributed by atoms with E-state index in [2.05, 4.69) is 65.6 Å². The molecular weight excluding hydrogens is 386 g/mol. The minimum absolute atomic E-state index is 0.0532. The fraction of sp³-hybridized carbons (Fsp3) is 0.429. The molecule has 1 aliphatic carbocycles. The van der Waals surface area contributed by atoms with Crippen molar-refractivity contribution in [1.29, 1.82) is 0 Å². The van der Waals surface area contributed by atoms with Crippen molar-refractivity contribution in [1.82, 2.24) is 25.3 Å². The molecular formula is C21H25N5O2S. The van der Waals surface area contributed by atoms with Crippen LogP contribution in [0.25, 0.3) is 5.69 Å². The lowest BCUT2D eigenvalue weighted by Gasteiger charge is -2.36. The zero-order valence-electron chi connectivity index (χ0n) is 17.1. The second-order valence-corrected chi connectivity index (χ2v) is 9.26. The molecule has 2 aromatic heterocycles. The van der Waals surface area contributed by atoms with Crippen LogP contribution in [-0.4, -0.2) is 31.6 Å². The van der Waals surface area contributed by atoms with E-state index < -0.39 is 0 Å². The third-order valence-corrected chi connectivity index (χ3v) is 5.95. The predicted octanol–water partition coefficient (Wildman–Crippen LogP) is 3.79. The van der Waals surface area contributed by atoms with Crippen LogP contribution in [0.2, 0.25) is 0 Å². The zero-order valence-corrected chi connectivity index (χ0v) is 17.9. The quantitative estimate of drug-likeness (QED) is 0.643. The highest BCUT2D eigenvalue weighted by Gasteiger charge is 2.36. The van der Waals surface area contributed by atoms with Crippen LogP contribution in [0.4, 0.5) is 0 Å². The molecule has 29 heavy (non-hydrogen) atoms. The molecule has 0 saturated carbocycles. The molecule has 0 radical (unpaired) electrons. The Morgan fingerprint density at radius 1 is 1.28 bits per heavy atom. The van der Waals surface area contributed by atoms with E-state index in [0.29, 0.717) is 11.1 Å². The number of thioether (sulfide) groups is 1. The highest BCUT2D eigenvalue weighted by Crippen LogP contribution is 2.41. The third kappa shape index (κ3) is 4.37. The molecule has 8 heteroatoms. The highest BCUT2D eigenvalue weighted by atomic mass is 32.2. The van der Waals surface area contributed by atoms with Gasteiger partial charge in [-0.25, -0.2) is 4.68 Å². The largest absolute Gasteiger partial charge is 0.416 e. The summed E-state index contributed by atoms with van der Waals surface area (Å²) in [7, 11) is 0. The van der Waals surface area contributed by atoms with Crippen molar-refractivity contribution in [3.63, 3.8) is 0 Å². The van der Waals surface area contributed by atoms with Gasteiger partial charge in [0, 0.05) is 12.5 Å². The minimum Gasteiger partial charge on any atom is -0.416 e. The molecule has 0 spiro atoms. The summed E-state index contributed by atoms with van der Waals surface area (Å²) in [5, 5.41) is 15.9. The van der Waals surface area contributed by atoms with Gasteiger partial charge in [0.05, 0.1) is 29.4 Å². The van der Waals surface area contributed by atoms with Gasteiger partial charge < -0.3 is 9.73 Å². The number of aryl methyl sites for hydroxylation is 2. The van der Waals surface area contributed by atoms with Gasteiger partial charge in [-0.3, -0.25) is 4.79 Å². The summed E-state index contributed by atoms with van der Waals surface area (Å²) < 4.78 is 7.33. The van der Waals surface area contributed by atoms with Crippen LogP contribution >= 0.6 is 11.8 Å². The molecule has 1 aliphatic rings. The fourth-order valence-electron chi connectivity index (χ4n) is 3.78. The first-order valence-electron chi connectivity index (χ1n) is 9.67. The molecule has 0 bridgehead atoms. The molecule has 152 valence electrons. The lowest BCUT2D eigenvalue weighted by atomic mass is 9.74. The number of carbonyl (C=O) groups excluding carboxylic acids is 1. The maximum atomic E-state index is 12.6. The monoisotopic (exact) mass is 411 g/mol. The zero-order chi connectivity index (χ0) is 20.6. The van der Waals surface area contributed by atoms with Crippen molar-refractivity contribution in [2.45, 2.75) is 51.8 Å². The van der Waals surface area contributed by atoms with Crippen molar-refractivity contribution in [2.24, 2.45) is 5.41 Å². The number of nitrogens with zero attached hydrogens (tertiary/aromatic N) is 4. The Kier molecular flexibility index (Phi) is 5.21. The second-order valence-electron chi connectivity index (χ2n) is 8.33. The highest BCUT2D eigenvalue weighted by molar-refractivity contribution is 7.99. The maximum Gasteiger partial charge on any atom is 0.277 e. The summed E-state index contributed by atoms with van der Waals surface area (Å²) in [6.07, 6.45) is 3.68. The van der Waals surface area contributed by atoms with Crippen molar-refractivity contribution in [3.05, 3.63) is 53.2 Å². The van der Waals surface area contributed by atoms with Crippen molar-refractivity contribution in [3.8, 4) is 5.69 Å². The molecule has 0 aliphatic heterocycles. The summed E-state index contributed by atoms with van der Waals surface area (Å²) in [5.74, 6) is 0.678. The van der Waals surface area contributed by atoms with Crippen LogP contribution in [0.15, 0.2) is 40.1 Å². The molecule has 0 unspecified atom stereocenters. The lowest BCUT2D eigenvalue weighted by molar-refractivity contribution is -0.119. The van der Waals surface area contributed by atoms with Gasteiger partial charge in [-0.2, -0.15) is 5.10 Å². The summed E-state index contributed by atoms with van der Waals surface area (Å²) in [5.41, 5.74) is 4.58. The van der Waals surface area contributed by atoms with E-state index >= 15 is 0 Å². The van der Waals surface area contributed by atoms with E-state index in [0.717, 1.165) is 29.8 Å². The van der Waals surface area contributed by atoms with Gasteiger partial charge in [0.2, 0.25) is 11.8 Å². The summed E-state index contributed by atoms with van der Waals surface area (Å²) in [4.78, 5) is 12.6. The van der Waals surface area contributed by atoms with Crippen LogP contribution in [-0.2, 0) is 11.2 Å². The van der Waals surface area contributed by atoms with E-state index in [1.165, 1.54) is 17.3 Å². The average molecular weight is 412 g/mol. The summed E-state index contributed by atoms with van der Waals surface area (Å²) in [6, 6.07) is 8.28.